The van der Waals surface area contributed by atoms with Gasteiger partial charge in [0.2, 0.25) is 0 Å². The van der Waals surface area contributed by atoms with Gasteiger partial charge in [-0.1, -0.05) is 13.8 Å². The van der Waals surface area contributed by atoms with Crippen LogP contribution in [0.15, 0.2) is 0 Å². The van der Waals surface area contributed by atoms with Gasteiger partial charge in [-0.25, -0.2) is 0 Å². The van der Waals surface area contributed by atoms with Gasteiger partial charge in [-0.05, 0) is 6.42 Å². The molecule has 0 bridgehead atoms. The molecule has 0 amide bonds. The van der Waals surface area contributed by atoms with E-state index in [-0.39, 0.29) is 18.1 Å². The Morgan fingerprint density at radius 1 is 1.67 bits per heavy atom. The van der Waals surface area contributed by atoms with Crippen molar-refractivity contribution in [3.63, 3.8) is 0 Å². The normalized spacial score (nSPS) is 27.3. The van der Waals surface area contributed by atoms with Crippen LogP contribution in [0.3, 0.4) is 0 Å². The Kier molecular flexibility index (Phi) is 4.70. The molecule has 0 aromatic carbocycles. The van der Waals surface area contributed by atoms with E-state index in [0.29, 0.717) is 19.8 Å². The number of aldehydes is 1. The summed E-state index contributed by atoms with van der Waals surface area (Å²) in [6.45, 7) is 6.84. The zero-order valence-corrected chi connectivity index (χ0v) is 9.61. The summed E-state index contributed by atoms with van der Waals surface area (Å²) in [7, 11) is 0. The Labute approximate surface area is 91.2 Å². The van der Waals surface area contributed by atoms with Crippen molar-refractivity contribution >= 4 is 6.29 Å². The molecule has 1 heterocycles. The third kappa shape index (κ3) is 3.26. The van der Waals surface area contributed by atoms with Crippen LogP contribution in [0.2, 0.25) is 0 Å². The zero-order chi connectivity index (χ0) is 11.3. The average molecular weight is 215 g/mol. The molecule has 1 rings (SSSR count). The van der Waals surface area contributed by atoms with E-state index in [1.807, 2.05) is 13.8 Å². The van der Waals surface area contributed by atoms with Crippen molar-refractivity contribution in [1.82, 2.24) is 4.90 Å². The summed E-state index contributed by atoms with van der Waals surface area (Å²) < 4.78 is 5.30. The molecule has 2 unspecified atom stereocenters. The molecule has 2 atom stereocenters. The second-order valence-electron chi connectivity index (χ2n) is 4.51. The lowest BCUT2D eigenvalue weighted by Crippen LogP contribution is -2.51. The second kappa shape index (κ2) is 5.58. The Morgan fingerprint density at radius 2 is 2.40 bits per heavy atom. The van der Waals surface area contributed by atoms with E-state index < -0.39 is 0 Å². The van der Waals surface area contributed by atoms with Crippen LogP contribution in [0.1, 0.15) is 20.3 Å². The van der Waals surface area contributed by atoms with E-state index in [9.17, 15) is 9.90 Å². The van der Waals surface area contributed by atoms with Gasteiger partial charge in [0.15, 0.2) is 0 Å². The number of nitrogens with zero attached hydrogens (tertiary/aromatic N) is 1. The molecule has 4 nitrogen and oxygen atoms in total. The molecule has 0 aromatic rings. The Morgan fingerprint density at radius 3 is 2.93 bits per heavy atom. The van der Waals surface area contributed by atoms with Gasteiger partial charge in [0.05, 0.1) is 25.9 Å². The van der Waals surface area contributed by atoms with Crippen molar-refractivity contribution in [1.29, 1.82) is 0 Å². The Bertz CT molecular complexity index is 210. The predicted octanol–water partition coefficient (Wildman–Crippen LogP) is 0.295. The molecule has 88 valence electrons. The summed E-state index contributed by atoms with van der Waals surface area (Å²) in [6.07, 6.45) is 1.85. The van der Waals surface area contributed by atoms with Crippen LogP contribution < -0.4 is 0 Å². The quantitative estimate of drug-likeness (QED) is 0.670. The highest BCUT2D eigenvalue weighted by Gasteiger charge is 2.30. The minimum absolute atomic E-state index is 0.0459. The average Bonchev–Trinajstić information content (AvgIpc) is 2.29. The van der Waals surface area contributed by atoms with Crippen molar-refractivity contribution in [2.24, 2.45) is 5.41 Å². The Hall–Kier alpha value is -0.450. The van der Waals surface area contributed by atoms with Crippen LogP contribution in [0.4, 0.5) is 0 Å². The molecular formula is C11H21NO3. The first kappa shape index (κ1) is 12.6. The van der Waals surface area contributed by atoms with E-state index >= 15 is 0 Å². The van der Waals surface area contributed by atoms with Crippen LogP contribution >= 0.6 is 0 Å². The van der Waals surface area contributed by atoms with Crippen molar-refractivity contribution in [2.45, 2.75) is 26.3 Å². The van der Waals surface area contributed by atoms with Crippen LogP contribution in [0.25, 0.3) is 0 Å². The maximum Gasteiger partial charge on any atom is 0.127 e. The van der Waals surface area contributed by atoms with Gasteiger partial charge in [0.25, 0.3) is 0 Å². The number of morpholine rings is 1. The predicted molar refractivity (Wildman–Crippen MR) is 57.7 cm³/mol. The fraction of sp³-hybridized carbons (Fsp3) is 0.909. The maximum absolute atomic E-state index is 11.0. The molecular weight excluding hydrogens is 194 g/mol. The van der Waals surface area contributed by atoms with Crippen molar-refractivity contribution in [3.05, 3.63) is 0 Å². The fourth-order valence-electron chi connectivity index (χ4n) is 1.76. The number of carbonyl (C=O) groups excluding carboxylic acids is 1. The molecule has 15 heavy (non-hydrogen) atoms. The number of carbonyl (C=O) groups is 1. The molecule has 1 saturated heterocycles. The van der Waals surface area contributed by atoms with Gasteiger partial charge in [0.1, 0.15) is 6.29 Å². The maximum atomic E-state index is 11.0. The lowest BCUT2D eigenvalue weighted by atomic mass is 9.88. The topological polar surface area (TPSA) is 49.8 Å². The first-order valence-corrected chi connectivity index (χ1v) is 5.54. The lowest BCUT2D eigenvalue weighted by Gasteiger charge is -2.38. The van der Waals surface area contributed by atoms with Gasteiger partial charge < -0.3 is 14.6 Å². The largest absolute Gasteiger partial charge is 0.395 e. The SMILES string of the molecule is CCC(C)(C=O)CN1CCOCC1CO. The highest BCUT2D eigenvalue weighted by molar-refractivity contribution is 5.58. The summed E-state index contributed by atoms with van der Waals surface area (Å²) in [6, 6.07) is 0.0459. The number of hydrogen-bond acceptors (Lipinski definition) is 4. The number of aliphatic hydroxyl groups excluding tert-OH is 1. The molecule has 1 aliphatic heterocycles. The second-order valence-corrected chi connectivity index (χ2v) is 4.51. The van der Waals surface area contributed by atoms with Crippen LogP contribution in [0, 0.1) is 5.41 Å². The van der Waals surface area contributed by atoms with E-state index in [1.165, 1.54) is 0 Å². The molecule has 4 heteroatoms. The van der Waals surface area contributed by atoms with Gasteiger partial charge in [-0.2, -0.15) is 0 Å². The van der Waals surface area contributed by atoms with Gasteiger partial charge in [-0.3, -0.25) is 4.90 Å². The summed E-state index contributed by atoms with van der Waals surface area (Å²) in [4.78, 5) is 13.2. The monoisotopic (exact) mass is 215 g/mol. The van der Waals surface area contributed by atoms with E-state index in [1.54, 1.807) is 0 Å². The molecule has 0 aromatic heterocycles. The Balaban J connectivity index is 2.57. The van der Waals surface area contributed by atoms with Crippen molar-refractivity contribution < 1.29 is 14.6 Å². The number of aliphatic hydroxyl groups is 1. The third-order valence-corrected chi connectivity index (χ3v) is 3.22. The fourth-order valence-corrected chi connectivity index (χ4v) is 1.76. The smallest absolute Gasteiger partial charge is 0.127 e. The molecule has 0 spiro atoms. The highest BCUT2D eigenvalue weighted by atomic mass is 16.5. The minimum atomic E-state index is -0.301. The van der Waals surface area contributed by atoms with Crippen LogP contribution in [0.5, 0.6) is 0 Å². The first-order valence-electron chi connectivity index (χ1n) is 5.54. The number of ether oxygens (including phenoxy) is 1. The summed E-state index contributed by atoms with van der Waals surface area (Å²) in [5.41, 5.74) is -0.301. The third-order valence-electron chi connectivity index (χ3n) is 3.22. The van der Waals surface area contributed by atoms with E-state index in [4.69, 9.17) is 4.74 Å². The van der Waals surface area contributed by atoms with Gasteiger partial charge >= 0.3 is 0 Å². The van der Waals surface area contributed by atoms with Gasteiger partial charge in [0, 0.05) is 18.5 Å². The molecule has 1 fully saturated rings. The van der Waals surface area contributed by atoms with E-state index in [0.717, 1.165) is 19.3 Å². The minimum Gasteiger partial charge on any atom is -0.395 e. The molecule has 1 aliphatic rings. The lowest BCUT2D eigenvalue weighted by molar-refractivity contribution is -0.118. The molecule has 0 saturated carbocycles. The molecule has 1 N–H and O–H groups in total. The standard InChI is InChI=1S/C11H21NO3/c1-3-11(2,9-14)8-12-4-5-15-7-10(12)6-13/h9-10,13H,3-8H2,1-2H3. The van der Waals surface area contributed by atoms with Crippen LogP contribution in [-0.4, -0.2) is 55.2 Å². The van der Waals surface area contributed by atoms with Crippen molar-refractivity contribution in [3.8, 4) is 0 Å². The van der Waals surface area contributed by atoms with Gasteiger partial charge in [-0.15, -0.1) is 0 Å². The molecule has 0 aliphatic carbocycles. The first-order chi connectivity index (χ1) is 7.15. The number of hydrogen-bond donors (Lipinski definition) is 1. The highest BCUT2D eigenvalue weighted by Crippen LogP contribution is 2.21. The molecule has 0 radical (unpaired) electrons. The zero-order valence-electron chi connectivity index (χ0n) is 9.61. The summed E-state index contributed by atoms with van der Waals surface area (Å²) >= 11 is 0. The number of rotatable bonds is 5. The summed E-state index contributed by atoms with van der Waals surface area (Å²) in [5.74, 6) is 0. The summed E-state index contributed by atoms with van der Waals surface area (Å²) in [5, 5.41) is 9.19. The van der Waals surface area contributed by atoms with Crippen LogP contribution in [-0.2, 0) is 9.53 Å². The van der Waals surface area contributed by atoms with E-state index in [2.05, 4.69) is 4.90 Å². The van der Waals surface area contributed by atoms with Crippen molar-refractivity contribution in [2.75, 3.05) is 32.9 Å².